The van der Waals surface area contributed by atoms with Crippen LogP contribution >= 0.6 is 0 Å². The Labute approximate surface area is 122 Å². The minimum absolute atomic E-state index is 0.121. The van der Waals surface area contributed by atoms with Crippen molar-refractivity contribution in [3.63, 3.8) is 0 Å². The molecular formula is C16H29NO3. The fourth-order valence-corrected chi connectivity index (χ4v) is 4.03. The zero-order valence-electron chi connectivity index (χ0n) is 12.9. The largest absolute Gasteiger partial charge is 0.481 e. The third-order valence-electron chi connectivity index (χ3n) is 5.36. The first-order valence-electron chi connectivity index (χ1n) is 8.14. The molecule has 1 saturated heterocycles. The molecule has 1 saturated carbocycles. The van der Waals surface area contributed by atoms with Crippen LogP contribution in [0.1, 0.15) is 64.7 Å². The average Bonchev–Trinajstić information content (AvgIpc) is 2.46. The van der Waals surface area contributed by atoms with Gasteiger partial charge in [0.2, 0.25) is 0 Å². The third-order valence-corrected chi connectivity index (χ3v) is 5.36. The number of aliphatic carboxylic acids is 1. The summed E-state index contributed by atoms with van der Waals surface area (Å²) in [6, 6.07) is 0.478. The summed E-state index contributed by atoms with van der Waals surface area (Å²) >= 11 is 0. The lowest BCUT2D eigenvalue weighted by atomic mass is 9.76. The molecule has 2 rings (SSSR count). The van der Waals surface area contributed by atoms with Crippen LogP contribution in [0, 0.1) is 0 Å². The highest BCUT2D eigenvalue weighted by Gasteiger charge is 2.41. The summed E-state index contributed by atoms with van der Waals surface area (Å²) in [6.45, 7) is 2.98. The van der Waals surface area contributed by atoms with Crippen molar-refractivity contribution in [2.75, 3.05) is 13.7 Å². The maximum atomic E-state index is 11.3. The quantitative estimate of drug-likeness (QED) is 0.842. The number of hydrogen-bond donors (Lipinski definition) is 1. The van der Waals surface area contributed by atoms with E-state index in [0.29, 0.717) is 12.1 Å². The van der Waals surface area contributed by atoms with E-state index < -0.39 is 5.97 Å². The lowest BCUT2D eigenvalue weighted by molar-refractivity contribution is -0.142. The molecule has 4 heteroatoms. The summed E-state index contributed by atoms with van der Waals surface area (Å²) in [4.78, 5) is 13.7. The van der Waals surface area contributed by atoms with Crippen LogP contribution in [0.3, 0.4) is 0 Å². The van der Waals surface area contributed by atoms with E-state index in [4.69, 9.17) is 4.74 Å². The van der Waals surface area contributed by atoms with Crippen molar-refractivity contribution in [2.45, 2.75) is 82.4 Å². The summed E-state index contributed by atoms with van der Waals surface area (Å²) in [6.07, 6.45) is 9.42. The summed E-state index contributed by atoms with van der Waals surface area (Å²) in [5.41, 5.74) is -0.121. The van der Waals surface area contributed by atoms with E-state index in [2.05, 4.69) is 18.9 Å². The minimum atomic E-state index is -0.655. The molecule has 0 amide bonds. The molecule has 0 spiro atoms. The summed E-state index contributed by atoms with van der Waals surface area (Å²) < 4.78 is 5.77. The molecule has 1 aliphatic carbocycles. The molecule has 0 aromatic carbocycles. The van der Waals surface area contributed by atoms with Crippen LogP contribution in [0.4, 0.5) is 0 Å². The first-order valence-corrected chi connectivity index (χ1v) is 8.14. The number of hydrogen-bond acceptors (Lipinski definition) is 3. The predicted octanol–water partition coefficient (Wildman–Crippen LogP) is 3.05. The van der Waals surface area contributed by atoms with Crippen LogP contribution in [-0.4, -0.2) is 47.3 Å². The molecule has 2 unspecified atom stereocenters. The first kappa shape index (κ1) is 15.8. The molecule has 2 aliphatic rings. The van der Waals surface area contributed by atoms with Crippen molar-refractivity contribution in [1.29, 1.82) is 0 Å². The fraction of sp³-hybridized carbons (Fsp3) is 0.938. The number of nitrogens with zero attached hydrogens (tertiary/aromatic N) is 1. The highest BCUT2D eigenvalue weighted by molar-refractivity contribution is 5.68. The van der Waals surface area contributed by atoms with Crippen LogP contribution in [0.2, 0.25) is 0 Å². The molecule has 2 fully saturated rings. The van der Waals surface area contributed by atoms with Crippen molar-refractivity contribution in [1.82, 2.24) is 4.90 Å². The van der Waals surface area contributed by atoms with E-state index in [1.165, 1.54) is 6.42 Å². The van der Waals surface area contributed by atoms with E-state index >= 15 is 0 Å². The Bertz CT molecular complexity index is 326. The predicted molar refractivity (Wildman–Crippen MR) is 78.9 cm³/mol. The van der Waals surface area contributed by atoms with Gasteiger partial charge >= 0.3 is 5.97 Å². The average molecular weight is 283 g/mol. The molecule has 0 bridgehead atoms. The smallest absolute Gasteiger partial charge is 0.305 e. The molecule has 0 aromatic heterocycles. The van der Waals surface area contributed by atoms with Gasteiger partial charge in [-0.2, -0.15) is 0 Å². The van der Waals surface area contributed by atoms with Crippen molar-refractivity contribution in [3.8, 4) is 0 Å². The molecule has 116 valence electrons. The Balaban J connectivity index is 2.08. The molecule has 1 N–H and O–H groups in total. The maximum Gasteiger partial charge on any atom is 0.305 e. The van der Waals surface area contributed by atoms with Crippen LogP contribution in [0.25, 0.3) is 0 Å². The maximum absolute atomic E-state index is 11.3. The van der Waals surface area contributed by atoms with E-state index in [9.17, 15) is 9.90 Å². The van der Waals surface area contributed by atoms with E-state index in [1.54, 1.807) is 0 Å². The molecule has 0 radical (unpaired) electrons. The second-order valence-electron chi connectivity index (χ2n) is 6.55. The molecule has 2 atom stereocenters. The zero-order valence-corrected chi connectivity index (χ0v) is 12.9. The van der Waals surface area contributed by atoms with Gasteiger partial charge in [0.15, 0.2) is 0 Å². The molecule has 20 heavy (non-hydrogen) atoms. The SMILES string of the molecule is CCC1CC(N(C)C2(CC(=O)O)CCCCC2)CCO1. The van der Waals surface area contributed by atoms with Gasteiger partial charge in [-0.15, -0.1) is 0 Å². The van der Waals surface area contributed by atoms with E-state index in [-0.39, 0.29) is 12.0 Å². The molecule has 1 heterocycles. The highest BCUT2D eigenvalue weighted by Crippen LogP contribution is 2.39. The molecular weight excluding hydrogens is 254 g/mol. The van der Waals surface area contributed by atoms with Crippen molar-refractivity contribution in [2.24, 2.45) is 0 Å². The topological polar surface area (TPSA) is 49.8 Å². The molecule has 1 aliphatic heterocycles. The normalized spacial score (nSPS) is 30.4. The summed E-state index contributed by atoms with van der Waals surface area (Å²) in [7, 11) is 2.15. The van der Waals surface area contributed by atoms with Gasteiger partial charge in [-0.3, -0.25) is 9.69 Å². The van der Waals surface area contributed by atoms with Crippen LogP contribution in [0.5, 0.6) is 0 Å². The van der Waals surface area contributed by atoms with Crippen LogP contribution in [-0.2, 0) is 9.53 Å². The lowest BCUT2D eigenvalue weighted by Gasteiger charge is -2.49. The van der Waals surface area contributed by atoms with Gasteiger partial charge in [0.1, 0.15) is 0 Å². The third kappa shape index (κ3) is 3.53. The Morgan fingerprint density at radius 1 is 1.35 bits per heavy atom. The van der Waals surface area contributed by atoms with Gasteiger partial charge in [-0.25, -0.2) is 0 Å². The Morgan fingerprint density at radius 2 is 2.05 bits per heavy atom. The second kappa shape index (κ2) is 6.90. The van der Waals surface area contributed by atoms with Gasteiger partial charge in [0.05, 0.1) is 12.5 Å². The van der Waals surface area contributed by atoms with E-state index in [1.807, 2.05) is 0 Å². The fourth-order valence-electron chi connectivity index (χ4n) is 4.03. The minimum Gasteiger partial charge on any atom is -0.481 e. The molecule has 4 nitrogen and oxygen atoms in total. The van der Waals surface area contributed by atoms with Gasteiger partial charge in [0, 0.05) is 18.2 Å². The molecule has 0 aromatic rings. The van der Waals surface area contributed by atoms with E-state index in [0.717, 1.165) is 51.6 Å². The first-order chi connectivity index (χ1) is 9.57. The van der Waals surface area contributed by atoms with Gasteiger partial charge < -0.3 is 9.84 Å². The van der Waals surface area contributed by atoms with Crippen LogP contribution < -0.4 is 0 Å². The summed E-state index contributed by atoms with van der Waals surface area (Å²) in [5.74, 6) is -0.655. The van der Waals surface area contributed by atoms with Gasteiger partial charge in [0.25, 0.3) is 0 Å². The van der Waals surface area contributed by atoms with Crippen LogP contribution in [0.15, 0.2) is 0 Å². The Morgan fingerprint density at radius 3 is 2.65 bits per heavy atom. The summed E-state index contributed by atoms with van der Waals surface area (Å²) in [5, 5.41) is 9.32. The number of rotatable bonds is 5. The number of carboxylic acid groups (broad SMARTS) is 1. The van der Waals surface area contributed by atoms with Crippen molar-refractivity contribution >= 4 is 5.97 Å². The second-order valence-corrected chi connectivity index (χ2v) is 6.55. The monoisotopic (exact) mass is 283 g/mol. The van der Waals surface area contributed by atoms with Gasteiger partial charge in [-0.1, -0.05) is 26.2 Å². The zero-order chi connectivity index (χ0) is 14.6. The number of carboxylic acids is 1. The Kier molecular flexibility index (Phi) is 5.44. The number of carbonyl (C=O) groups is 1. The lowest BCUT2D eigenvalue weighted by Crippen LogP contribution is -2.55. The highest BCUT2D eigenvalue weighted by atomic mass is 16.5. The van der Waals surface area contributed by atoms with Crippen molar-refractivity contribution < 1.29 is 14.6 Å². The van der Waals surface area contributed by atoms with Crippen molar-refractivity contribution in [3.05, 3.63) is 0 Å². The number of ether oxygens (including phenoxy) is 1. The Hall–Kier alpha value is -0.610. The van der Waals surface area contributed by atoms with Gasteiger partial charge in [-0.05, 0) is 39.2 Å². The standard InChI is InChI=1S/C16H29NO3/c1-3-14-11-13(7-10-20-14)17(2)16(12-15(18)19)8-5-4-6-9-16/h13-14H,3-12H2,1-2H3,(H,18,19).